The third-order valence-corrected chi connectivity index (χ3v) is 14.4. The molecule has 0 N–H and O–H groups in total. The van der Waals surface area contributed by atoms with Crippen molar-refractivity contribution in [3.8, 4) is 5.75 Å². The normalized spacial score (nSPS) is 15.0. The first-order valence-corrected chi connectivity index (χ1v) is 19.3. The summed E-state index contributed by atoms with van der Waals surface area (Å²) >= 11 is -3.70. The molecule has 7 aromatic rings. The molecule has 49 heavy (non-hydrogen) atoms. The summed E-state index contributed by atoms with van der Waals surface area (Å²) in [7, 11) is 0. The first-order valence-electron chi connectivity index (χ1n) is 16.2. The second-order valence-corrected chi connectivity index (χ2v) is 16.5. The Labute approximate surface area is 285 Å². The molecular weight excluding hydrogens is 666 g/mol. The van der Waals surface area contributed by atoms with Crippen LogP contribution in [-0.2, 0) is 0 Å². The van der Waals surface area contributed by atoms with E-state index in [1.165, 1.54) is 0 Å². The van der Waals surface area contributed by atoms with Crippen molar-refractivity contribution in [3.63, 3.8) is 0 Å². The molecule has 5 aromatic carbocycles. The Morgan fingerprint density at radius 1 is 0.449 bits per heavy atom. The second kappa shape index (κ2) is 9.96. The number of rotatable bonds is 2. The number of hydrogen-bond donors (Lipinski definition) is 0. The van der Waals surface area contributed by atoms with Crippen molar-refractivity contribution in [2.24, 2.45) is 30.0 Å². The number of aryl methyl sites for hydroxylation is 1. The zero-order chi connectivity index (χ0) is 32.2. The van der Waals surface area contributed by atoms with Gasteiger partial charge in [-0.3, -0.25) is 0 Å². The first kappa shape index (κ1) is 26.9. The average molecular weight is 689 g/mol. The van der Waals surface area contributed by atoms with Crippen LogP contribution in [0, 0.1) is 6.92 Å². The molecule has 10 heteroatoms. The van der Waals surface area contributed by atoms with E-state index in [4.69, 9.17) is 33.5 Å². The fraction of sp³-hybridized carbons (Fsp3) is 0.0256. The van der Waals surface area contributed by atoms with Crippen LogP contribution in [0.25, 0.3) is 21.5 Å². The van der Waals surface area contributed by atoms with Gasteiger partial charge in [-0.25, -0.2) is 0 Å². The maximum absolute atomic E-state index is 7.34. The molecule has 0 spiro atoms. The van der Waals surface area contributed by atoms with Crippen LogP contribution >= 0.6 is 0 Å². The molecule has 0 aliphatic carbocycles. The standard InChI is InChI=1S/C32H16N8.C7H8O.Ga/c1-2-10-18-17(9-1)25-33-26(18)38-28-21-13-5-6-14-22(21)30(35-28)40-32-24-16-8-7-15-23(24)31(36-32)39-29-20-12-4-3-11-19(20)27(34-29)37-25;1-6-3-2-4-7(8)5-6;/h1-16H;2-5,8H,1H3;/q-2;;+3/p-1. The van der Waals surface area contributed by atoms with Gasteiger partial charge in [-0.15, -0.1) is 0 Å². The molecule has 4 aliphatic rings. The summed E-state index contributed by atoms with van der Waals surface area (Å²) in [6.07, 6.45) is 0. The van der Waals surface area contributed by atoms with Gasteiger partial charge in [0, 0.05) is 0 Å². The Bertz CT molecular complexity index is 2730. The molecule has 0 amide bonds. The predicted octanol–water partition coefficient (Wildman–Crippen LogP) is 6.31. The quantitative estimate of drug-likeness (QED) is 0.196. The van der Waals surface area contributed by atoms with Gasteiger partial charge in [0.1, 0.15) is 0 Å². The van der Waals surface area contributed by atoms with Crippen molar-refractivity contribution in [2.75, 3.05) is 0 Å². The van der Waals surface area contributed by atoms with Gasteiger partial charge in [0.15, 0.2) is 0 Å². The summed E-state index contributed by atoms with van der Waals surface area (Å²) in [6, 6.07) is 41.2. The number of aromatic nitrogens is 2. The van der Waals surface area contributed by atoms with E-state index >= 15 is 0 Å². The molecule has 6 bridgehead atoms. The van der Waals surface area contributed by atoms with Gasteiger partial charge in [-0.2, -0.15) is 0 Å². The zero-order valence-corrected chi connectivity index (χ0v) is 28.5. The van der Waals surface area contributed by atoms with E-state index in [0.717, 1.165) is 77.7 Å². The van der Waals surface area contributed by atoms with Gasteiger partial charge in [-0.1, -0.05) is 0 Å². The van der Waals surface area contributed by atoms with Crippen LogP contribution in [-0.4, -0.2) is 47.0 Å². The fourth-order valence-electron chi connectivity index (χ4n) is 7.30. The first-order chi connectivity index (χ1) is 24.2. The molecule has 9 nitrogen and oxygen atoms in total. The van der Waals surface area contributed by atoms with E-state index in [0.29, 0.717) is 23.3 Å². The molecule has 0 radical (unpaired) electrons. The molecule has 228 valence electrons. The van der Waals surface area contributed by atoms with Crippen molar-refractivity contribution in [1.82, 2.24) is 6.55 Å². The van der Waals surface area contributed by atoms with Crippen LogP contribution in [0.2, 0.25) is 0 Å². The molecule has 0 atom stereocenters. The molecule has 2 aromatic heterocycles. The SMILES string of the molecule is Cc1cccc([O][Ga]2[n]3c4c5ccccc5c3N=C3N=C(N=c5c6ccccc6c([n]52)=NC2=NC(=N4)c4ccccc42)c2ccccc23)c1. The number of fused-ring (bicyclic) bond motifs is 14. The molecule has 6 heterocycles. The number of nitrogens with zero attached hydrogens (tertiary/aromatic N) is 8. The van der Waals surface area contributed by atoms with Crippen LogP contribution in [0.4, 0.5) is 11.6 Å². The minimum absolute atomic E-state index is 0.614. The van der Waals surface area contributed by atoms with Crippen molar-refractivity contribution < 1.29 is 3.53 Å². The summed E-state index contributed by atoms with van der Waals surface area (Å²) in [5, 5.41) is 3.84. The van der Waals surface area contributed by atoms with Crippen molar-refractivity contribution in [2.45, 2.75) is 6.92 Å². The van der Waals surface area contributed by atoms with Crippen molar-refractivity contribution in [3.05, 3.63) is 160 Å². The van der Waals surface area contributed by atoms with E-state index < -0.39 is 17.1 Å². The third-order valence-electron chi connectivity index (χ3n) is 9.49. The van der Waals surface area contributed by atoms with Gasteiger partial charge >= 0.3 is 286 Å². The van der Waals surface area contributed by atoms with Crippen LogP contribution in [0.1, 0.15) is 27.8 Å². The molecular formula is C39H23GaN8O. The van der Waals surface area contributed by atoms with Crippen LogP contribution in [0.3, 0.4) is 0 Å². The topological polar surface area (TPSA) is 93.2 Å². The van der Waals surface area contributed by atoms with E-state index in [1.807, 2.05) is 60.7 Å². The molecule has 0 fully saturated rings. The van der Waals surface area contributed by atoms with E-state index in [2.05, 4.69) is 74.1 Å². The maximum atomic E-state index is 7.34. The summed E-state index contributed by atoms with van der Waals surface area (Å²) in [6.45, 7) is 2.08. The Kier molecular flexibility index (Phi) is 5.47. The van der Waals surface area contributed by atoms with E-state index in [9.17, 15) is 0 Å². The molecule has 0 saturated heterocycles. The second-order valence-electron chi connectivity index (χ2n) is 12.4. The van der Waals surface area contributed by atoms with E-state index in [-0.39, 0.29) is 0 Å². The molecule has 0 saturated carbocycles. The summed E-state index contributed by atoms with van der Waals surface area (Å²) in [5.41, 5.74) is 6.35. The zero-order valence-electron chi connectivity index (χ0n) is 26.1. The summed E-state index contributed by atoms with van der Waals surface area (Å²) in [4.78, 5) is 31.8. The van der Waals surface area contributed by atoms with Crippen LogP contribution in [0.15, 0.2) is 151 Å². The fourth-order valence-corrected chi connectivity index (χ4v) is 12.5. The molecule has 4 aliphatic heterocycles. The number of hydrogen-bond acceptors (Lipinski definition) is 7. The van der Waals surface area contributed by atoms with Gasteiger partial charge in [-0.05, 0) is 0 Å². The Morgan fingerprint density at radius 3 is 1.39 bits per heavy atom. The number of aliphatic imine (C=N–C) groups is 4. The Balaban J connectivity index is 1.41. The van der Waals surface area contributed by atoms with Crippen LogP contribution < -0.4 is 14.5 Å². The average Bonchev–Trinajstić information content (AvgIpc) is 3.84. The Hall–Kier alpha value is -6.10. The Morgan fingerprint density at radius 2 is 0.898 bits per heavy atom. The van der Waals surface area contributed by atoms with Gasteiger partial charge < -0.3 is 0 Å². The van der Waals surface area contributed by atoms with Gasteiger partial charge in [0.25, 0.3) is 0 Å². The van der Waals surface area contributed by atoms with Gasteiger partial charge in [0.05, 0.1) is 0 Å². The summed E-state index contributed by atoms with van der Waals surface area (Å²) < 4.78 is 11.8. The van der Waals surface area contributed by atoms with E-state index in [1.54, 1.807) is 0 Å². The number of amidine groups is 4. The third kappa shape index (κ3) is 3.83. The number of benzene rings is 5. The molecule has 0 unspecified atom stereocenters. The molecule has 11 rings (SSSR count). The monoisotopic (exact) mass is 688 g/mol. The summed E-state index contributed by atoms with van der Waals surface area (Å²) in [5.74, 6) is 4.72. The van der Waals surface area contributed by atoms with Crippen molar-refractivity contribution >= 4 is 73.6 Å². The predicted molar refractivity (Wildman–Crippen MR) is 193 cm³/mol. The van der Waals surface area contributed by atoms with Gasteiger partial charge in [0.2, 0.25) is 0 Å². The minimum atomic E-state index is -3.70. The van der Waals surface area contributed by atoms with Crippen molar-refractivity contribution in [1.29, 1.82) is 0 Å². The van der Waals surface area contributed by atoms with Crippen LogP contribution in [0.5, 0.6) is 5.75 Å².